The Morgan fingerprint density at radius 2 is 2.17 bits per heavy atom. The van der Waals surface area contributed by atoms with Gasteiger partial charge in [0.2, 0.25) is 0 Å². The Hall–Kier alpha value is -2.76. The highest BCUT2D eigenvalue weighted by Crippen LogP contribution is 2.25. The highest BCUT2D eigenvalue weighted by atomic mass is 15.2. The second-order valence-electron chi connectivity index (χ2n) is 6.27. The lowest BCUT2D eigenvalue weighted by atomic mass is 10.2. The number of aryl methyl sites for hydroxylation is 2. The van der Waals surface area contributed by atoms with Crippen LogP contribution in [0.2, 0.25) is 0 Å². The Balaban J connectivity index is 1.62. The van der Waals surface area contributed by atoms with Gasteiger partial charge in [-0.05, 0) is 43.9 Å². The number of anilines is 1. The van der Waals surface area contributed by atoms with Gasteiger partial charge in [0.25, 0.3) is 0 Å². The summed E-state index contributed by atoms with van der Waals surface area (Å²) in [4.78, 5) is 15.5. The predicted octanol–water partition coefficient (Wildman–Crippen LogP) is 2.70. The van der Waals surface area contributed by atoms with Gasteiger partial charge in [0, 0.05) is 42.5 Å². The summed E-state index contributed by atoms with van der Waals surface area (Å²) >= 11 is 0. The fourth-order valence-corrected chi connectivity index (χ4v) is 3.20. The first-order chi connectivity index (χ1) is 11.7. The van der Waals surface area contributed by atoms with Crippen molar-refractivity contribution in [2.75, 3.05) is 11.9 Å². The van der Waals surface area contributed by atoms with Crippen LogP contribution in [0.1, 0.15) is 29.1 Å². The van der Waals surface area contributed by atoms with Crippen molar-refractivity contribution in [3.63, 3.8) is 0 Å². The number of nitrogens with one attached hydrogen (secondary N) is 1. The third-order valence-corrected chi connectivity index (χ3v) is 4.43. The Labute approximate surface area is 141 Å². The highest BCUT2D eigenvalue weighted by molar-refractivity contribution is 5.56. The lowest BCUT2D eigenvalue weighted by Gasteiger charge is -2.18. The molecular formula is C18H20N6. The number of fused-ring (bicyclic) bond motifs is 1. The van der Waals surface area contributed by atoms with Crippen LogP contribution in [0.5, 0.6) is 0 Å². The largest absolute Gasteiger partial charge is 0.354 e. The highest BCUT2D eigenvalue weighted by Gasteiger charge is 2.20. The number of aromatic nitrogens is 5. The molecule has 3 aromatic heterocycles. The minimum Gasteiger partial charge on any atom is -0.354 e. The molecule has 4 rings (SSSR count). The molecule has 0 saturated carbocycles. The molecule has 0 saturated heterocycles. The molecule has 0 aliphatic heterocycles. The normalized spacial score (nSPS) is 13.1. The Morgan fingerprint density at radius 1 is 1.25 bits per heavy atom. The maximum Gasteiger partial charge on any atom is 0.163 e. The maximum absolute atomic E-state index is 4.71. The van der Waals surface area contributed by atoms with E-state index < -0.39 is 0 Å². The number of rotatable bonds is 4. The second-order valence-corrected chi connectivity index (χ2v) is 6.27. The van der Waals surface area contributed by atoms with E-state index >= 15 is 0 Å². The van der Waals surface area contributed by atoms with Crippen molar-refractivity contribution in [3.05, 3.63) is 53.2 Å². The van der Waals surface area contributed by atoms with Gasteiger partial charge in [0.15, 0.2) is 5.82 Å². The summed E-state index contributed by atoms with van der Waals surface area (Å²) in [5.41, 5.74) is 5.69. The fourth-order valence-electron chi connectivity index (χ4n) is 3.20. The average Bonchev–Trinajstić information content (AvgIpc) is 3.20. The molecule has 6 nitrogen and oxygen atoms in total. The summed E-state index contributed by atoms with van der Waals surface area (Å²) in [5.74, 6) is 1.60. The third-order valence-electron chi connectivity index (χ3n) is 4.43. The monoisotopic (exact) mass is 320 g/mol. The average molecular weight is 320 g/mol. The van der Waals surface area contributed by atoms with Crippen molar-refractivity contribution >= 4 is 5.82 Å². The molecule has 0 fully saturated rings. The van der Waals surface area contributed by atoms with Crippen LogP contribution >= 0.6 is 0 Å². The van der Waals surface area contributed by atoms with Crippen molar-refractivity contribution in [1.82, 2.24) is 25.1 Å². The van der Waals surface area contributed by atoms with E-state index in [0.717, 1.165) is 42.2 Å². The number of hydrogen-bond donors (Lipinski definition) is 1. The molecule has 3 heterocycles. The van der Waals surface area contributed by atoms with Gasteiger partial charge in [0.05, 0.1) is 12.2 Å². The zero-order valence-corrected chi connectivity index (χ0v) is 14.0. The standard InChI is InChI=1S/C18H20N6/c1-12-9-17(21-18(20-12)13-5-4-8-19-10-13)24(2)11-16-14-6-3-7-15(14)22-23-16/h4-5,8-10H,3,6-7,11H2,1-2H3,(H,22,23). The van der Waals surface area contributed by atoms with Crippen LogP contribution in [0.4, 0.5) is 5.82 Å². The molecule has 3 aromatic rings. The minimum atomic E-state index is 0.706. The molecule has 0 aromatic carbocycles. The molecule has 24 heavy (non-hydrogen) atoms. The number of pyridine rings is 1. The second kappa shape index (κ2) is 6.03. The topological polar surface area (TPSA) is 70.6 Å². The van der Waals surface area contributed by atoms with Crippen LogP contribution in [0, 0.1) is 6.92 Å². The van der Waals surface area contributed by atoms with Gasteiger partial charge in [-0.15, -0.1) is 0 Å². The zero-order chi connectivity index (χ0) is 16.5. The van der Waals surface area contributed by atoms with E-state index in [1.54, 1.807) is 12.4 Å². The molecule has 1 aliphatic rings. The molecule has 1 N–H and O–H groups in total. The number of hydrogen-bond acceptors (Lipinski definition) is 5. The molecule has 0 atom stereocenters. The molecular weight excluding hydrogens is 300 g/mol. The van der Waals surface area contributed by atoms with E-state index in [9.17, 15) is 0 Å². The van der Waals surface area contributed by atoms with Gasteiger partial charge in [-0.1, -0.05) is 0 Å². The summed E-state index contributed by atoms with van der Waals surface area (Å²) in [6.45, 7) is 2.74. The van der Waals surface area contributed by atoms with Gasteiger partial charge in [-0.25, -0.2) is 9.97 Å². The van der Waals surface area contributed by atoms with E-state index in [4.69, 9.17) is 4.98 Å². The third kappa shape index (κ3) is 2.75. The fraction of sp³-hybridized carbons (Fsp3) is 0.333. The van der Waals surface area contributed by atoms with Crippen LogP contribution in [0.15, 0.2) is 30.6 Å². The molecule has 1 aliphatic carbocycles. The number of aromatic amines is 1. The van der Waals surface area contributed by atoms with Crippen molar-refractivity contribution in [3.8, 4) is 11.4 Å². The Bertz CT molecular complexity index is 855. The first-order valence-electron chi connectivity index (χ1n) is 8.23. The Kier molecular flexibility index (Phi) is 3.72. The van der Waals surface area contributed by atoms with E-state index in [0.29, 0.717) is 5.82 Å². The lowest BCUT2D eigenvalue weighted by molar-refractivity contribution is 0.804. The molecule has 0 amide bonds. The maximum atomic E-state index is 4.71. The first kappa shape index (κ1) is 14.8. The smallest absolute Gasteiger partial charge is 0.163 e. The van der Waals surface area contributed by atoms with Gasteiger partial charge >= 0.3 is 0 Å². The van der Waals surface area contributed by atoms with E-state index in [1.165, 1.54) is 17.7 Å². The number of H-pyrrole nitrogens is 1. The minimum absolute atomic E-state index is 0.706. The van der Waals surface area contributed by atoms with Crippen LogP contribution in [-0.4, -0.2) is 32.2 Å². The van der Waals surface area contributed by atoms with E-state index in [2.05, 4.69) is 25.1 Å². The van der Waals surface area contributed by atoms with Crippen LogP contribution in [0.25, 0.3) is 11.4 Å². The summed E-state index contributed by atoms with van der Waals surface area (Å²) in [6.07, 6.45) is 7.00. The summed E-state index contributed by atoms with van der Waals surface area (Å²) in [7, 11) is 2.05. The predicted molar refractivity (Wildman–Crippen MR) is 92.7 cm³/mol. The quantitative estimate of drug-likeness (QED) is 0.800. The van der Waals surface area contributed by atoms with Crippen molar-refractivity contribution in [2.24, 2.45) is 0 Å². The van der Waals surface area contributed by atoms with E-state index in [-0.39, 0.29) is 0 Å². The van der Waals surface area contributed by atoms with Crippen LogP contribution < -0.4 is 4.90 Å². The molecule has 6 heteroatoms. The zero-order valence-electron chi connectivity index (χ0n) is 14.0. The Morgan fingerprint density at radius 3 is 3.00 bits per heavy atom. The molecule has 0 unspecified atom stereocenters. The first-order valence-corrected chi connectivity index (χ1v) is 8.23. The van der Waals surface area contributed by atoms with Crippen molar-refractivity contribution < 1.29 is 0 Å². The number of nitrogens with zero attached hydrogens (tertiary/aromatic N) is 5. The lowest BCUT2D eigenvalue weighted by Crippen LogP contribution is -2.19. The van der Waals surface area contributed by atoms with Gasteiger partial charge in [-0.3, -0.25) is 10.1 Å². The summed E-state index contributed by atoms with van der Waals surface area (Å²) in [5, 5.41) is 7.66. The van der Waals surface area contributed by atoms with Crippen molar-refractivity contribution in [1.29, 1.82) is 0 Å². The van der Waals surface area contributed by atoms with Crippen LogP contribution in [-0.2, 0) is 19.4 Å². The molecule has 0 bridgehead atoms. The van der Waals surface area contributed by atoms with E-state index in [1.807, 2.05) is 32.2 Å². The van der Waals surface area contributed by atoms with Crippen molar-refractivity contribution in [2.45, 2.75) is 32.7 Å². The van der Waals surface area contributed by atoms with Gasteiger partial charge in [-0.2, -0.15) is 5.10 Å². The summed E-state index contributed by atoms with van der Waals surface area (Å²) in [6, 6.07) is 5.89. The van der Waals surface area contributed by atoms with Crippen LogP contribution in [0.3, 0.4) is 0 Å². The summed E-state index contributed by atoms with van der Waals surface area (Å²) < 4.78 is 0. The van der Waals surface area contributed by atoms with Gasteiger partial charge in [0.1, 0.15) is 5.82 Å². The molecule has 0 radical (unpaired) electrons. The molecule has 0 spiro atoms. The van der Waals surface area contributed by atoms with Gasteiger partial charge < -0.3 is 4.90 Å². The molecule has 122 valence electrons. The SMILES string of the molecule is Cc1cc(N(C)Cc2n[nH]c3c2CCC3)nc(-c2cccnc2)n1.